The van der Waals surface area contributed by atoms with Crippen molar-refractivity contribution in [3.63, 3.8) is 0 Å². The number of piperidine rings is 1. The molecule has 2 aromatic heterocycles. The molecule has 0 aromatic carbocycles. The minimum atomic E-state index is 0.00909. The van der Waals surface area contributed by atoms with Crippen molar-refractivity contribution in [2.45, 2.75) is 25.2 Å². The lowest BCUT2D eigenvalue weighted by molar-refractivity contribution is 0.0669. The molecule has 0 unspecified atom stereocenters. The van der Waals surface area contributed by atoms with Crippen LogP contribution in [0.15, 0.2) is 18.5 Å². The molecule has 0 aliphatic carbocycles. The number of aromatic nitrogens is 3. The molecular weight excluding hydrogens is 308 g/mol. The molecule has 112 valence electrons. The molecule has 1 amide bonds. The third-order valence-corrected chi connectivity index (χ3v) is 5.50. The number of rotatable bonds is 2. The van der Waals surface area contributed by atoms with Gasteiger partial charge in [0.05, 0.1) is 6.20 Å². The van der Waals surface area contributed by atoms with Gasteiger partial charge in [-0.3, -0.25) is 9.48 Å². The molecule has 1 fully saturated rings. The number of carbonyl (C=O) groups is 1. The van der Waals surface area contributed by atoms with Crippen LogP contribution in [0.4, 0.5) is 0 Å². The Morgan fingerprint density at radius 2 is 2.14 bits per heavy atom. The lowest BCUT2D eigenvalue weighted by Crippen LogP contribution is -2.44. The zero-order valence-electron chi connectivity index (χ0n) is 12.0. The van der Waals surface area contributed by atoms with Gasteiger partial charge >= 0.3 is 0 Å². The zero-order valence-corrected chi connectivity index (χ0v) is 13.6. The summed E-state index contributed by atoms with van der Waals surface area (Å²) in [5.74, 6) is 0.00909. The molecule has 0 N–H and O–H groups in total. The quantitative estimate of drug-likeness (QED) is 0.853. The van der Waals surface area contributed by atoms with Crippen LogP contribution in [0.5, 0.6) is 0 Å². The maximum atomic E-state index is 12.4. The van der Waals surface area contributed by atoms with Gasteiger partial charge in [0, 0.05) is 31.7 Å². The summed E-state index contributed by atoms with van der Waals surface area (Å²) in [6, 6.07) is 1.76. The predicted octanol–water partition coefficient (Wildman–Crippen LogP) is 2.72. The lowest BCUT2D eigenvalue weighted by Gasteiger charge is -2.37. The van der Waals surface area contributed by atoms with Gasteiger partial charge in [0.25, 0.3) is 5.91 Å². The smallest absolute Gasteiger partial charge is 0.274 e. The van der Waals surface area contributed by atoms with E-state index in [4.69, 9.17) is 11.6 Å². The number of likely N-dealkylation sites (tertiary alicyclic amines) is 1. The van der Waals surface area contributed by atoms with Crippen molar-refractivity contribution in [3.8, 4) is 0 Å². The molecule has 0 spiro atoms. The minimum absolute atomic E-state index is 0.00909. The van der Waals surface area contributed by atoms with E-state index in [1.54, 1.807) is 23.1 Å². The van der Waals surface area contributed by atoms with Crippen molar-refractivity contribution in [2.75, 3.05) is 13.1 Å². The summed E-state index contributed by atoms with van der Waals surface area (Å²) in [5.41, 5.74) is 0.525. The van der Waals surface area contributed by atoms with Gasteiger partial charge in [0.2, 0.25) is 0 Å². The van der Waals surface area contributed by atoms with Gasteiger partial charge in [-0.25, -0.2) is 4.98 Å². The maximum Gasteiger partial charge on any atom is 0.274 e. The summed E-state index contributed by atoms with van der Waals surface area (Å²) in [5, 5.41) is 5.25. The molecule has 1 saturated heterocycles. The highest BCUT2D eigenvalue weighted by Gasteiger charge is 2.36. The second kappa shape index (κ2) is 5.42. The largest absolute Gasteiger partial charge is 0.337 e. The van der Waals surface area contributed by atoms with Crippen molar-refractivity contribution in [2.24, 2.45) is 7.05 Å². The van der Waals surface area contributed by atoms with Crippen LogP contribution in [-0.4, -0.2) is 38.7 Å². The van der Waals surface area contributed by atoms with E-state index >= 15 is 0 Å². The highest BCUT2D eigenvalue weighted by Crippen LogP contribution is 2.38. The van der Waals surface area contributed by atoms with Crippen molar-refractivity contribution in [1.82, 2.24) is 19.7 Å². The summed E-state index contributed by atoms with van der Waals surface area (Å²) in [6.07, 6.45) is 5.29. The fraction of sp³-hybridized carbons (Fsp3) is 0.500. The highest BCUT2D eigenvalue weighted by atomic mass is 35.5. The molecule has 2 aromatic rings. The Labute approximate surface area is 132 Å². The third kappa shape index (κ3) is 2.82. The van der Waals surface area contributed by atoms with Gasteiger partial charge in [-0.2, -0.15) is 5.10 Å². The number of aryl methyl sites for hydroxylation is 1. The molecule has 0 atom stereocenters. The van der Waals surface area contributed by atoms with Gasteiger partial charge in [-0.15, -0.1) is 11.3 Å². The molecule has 7 heteroatoms. The Morgan fingerprint density at radius 3 is 2.67 bits per heavy atom. The number of hydrogen-bond donors (Lipinski definition) is 0. The van der Waals surface area contributed by atoms with E-state index in [0.29, 0.717) is 5.69 Å². The molecule has 0 bridgehead atoms. The van der Waals surface area contributed by atoms with Crippen LogP contribution in [0.2, 0.25) is 4.34 Å². The van der Waals surface area contributed by atoms with Crippen LogP contribution in [-0.2, 0) is 12.5 Å². The minimum Gasteiger partial charge on any atom is -0.337 e. The standard InChI is InChI=1S/C14H17ClN4OS/c1-14(13-16-9-11(15)21-13)4-7-19(8-5-14)12(20)10-3-6-18(2)17-10/h3,6,9H,4-5,7-8H2,1-2H3. The first-order valence-corrected chi connectivity index (χ1v) is 8.08. The van der Waals surface area contributed by atoms with Gasteiger partial charge in [-0.05, 0) is 18.9 Å². The average molecular weight is 325 g/mol. The van der Waals surface area contributed by atoms with Crippen LogP contribution in [0.3, 0.4) is 0 Å². The van der Waals surface area contributed by atoms with Gasteiger partial charge in [-0.1, -0.05) is 18.5 Å². The van der Waals surface area contributed by atoms with Crippen molar-refractivity contribution < 1.29 is 4.79 Å². The molecule has 0 radical (unpaired) electrons. The number of thiazole rings is 1. The van der Waals surface area contributed by atoms with Crippen LogP contribution >= 0.6 is 22.9 Å². The number of amides is 1. The SMILES string of the molecule is Cn1ccc(C(=O)N2CCC(C)(c3ncc(Cl)s3)CC2)n1. The van der Waals surface area contributed by atoms with Crippen LogP contribution in [0.1, 0.15) is 35.3 Å². The summed E-state index contributed by atoms with van der Waals surface area (Å²) >= 11 is 7.52. The van der Waals surface area contributed by atoms with Crippen LogP contribution < -0.4 is 0 Å². The first-order valence-electron chi connectivity index (χ1n) is 6.89. The molecule has 1 aliphatic heterocycles. The second-order valence-electron chi connectivity index (χ2n) is 5.70. The number of hydrogen-bond acceptors (Lipinski definition) is 4. The van der Waals surface area contributed by atoms with Crippen molar-refractivity contribution in [3.05, 3.63) is 33.5 Å². The van der Waals surface area contributed by atoms with Crippen molar-refractivity contribution in [1.29, 1.82) is 0 Å². The maximum absolute atomic E-state index is 12.4. The second-order valence-corrected chi connectivity index (χ2v) is 7.36. The van der Waals surface area contributed by atoms with E-state index in [1.807, 2.05) is 11.9 Å². The molecule has 3 heterocycles. The number of halogens is 1. The van der Waals surface area contributed by atoms with Gasteiger partial charge in [0.1, 0.15) is 15.0 Å². The first kappa shape index (κ1) is 14.5. The summed E-state index contributed by atoms with van der Waals surface area (Å²) < 4.78 is 2.37. The topological polar surface area (TPSA) is 51.0 Å². The molecule has 3 rings (SSSR count). The highest BCUT2D eigenvalue weighted by molar-refractivity contribution is 7.15. The molecule has 5 nitrogen and oxygen atoms in total. The Bertz CT molecular complexity index is 657. The summed E-state index contributed by atoms with van der Waals surface area (Å²) in [4.78, 5) is 18.7. The van der Waals surface area contributed by atoms with E-state index < -0.39 is 0 Å². The Balaban J connectivity index is 1.69. The Hall–Kier alpha value is -1.40. The van der Waals surface area contributed by atoms with E-state index in [2.05, 4.69) is 17.0 Å². The lowest BCUT2D eigenvalue weighted by atomic mass is 9.81. The van der Waals surface area contributed by atoms with E-state index in [0.717, 1.165) is 35.3 Å². The molecule has 0 saturated carbocycles. The molecule has 1 aliphatic rings. The van der Waals surface area contributed by atoms with Gasteiger partial charge in [0.15, 0.2) is 0 Å². The van der Waals surface area contributed by atoms with Crippen LogP contribution in [0, 0.1) is 0 Å². The van der Waals surface area contributed by atoms with E-state index in [1.165, 1.54) is 11.3 Å². The fourth-order valence-corrected chi connectivity index (χ4v) is 3.76. The first-order chi connectivity index (χ1) is 9.98. The molecule has 21 heavy (non-hydrogen) atoms. The average Bonchev–Trinajstić information content (AvgIpc) is 3.08. The van der Waals surface area contributed by atoms with Crippen LogP contribution in [0.25, 0.3) is 0 Å². The zero-order chi connectivity index (χ0) is 15.0. The Morgan fingerprint density at radius 1 is 1.43 bits per heavy atom. The normalized spacial score (nSPS) is 18.0. The number of carbonyl (C=O) groups excluding carboxylic acids is 1. The van der Waals surface area contributed by atoms with E-state index in [-0.39, 0.29) is 11.3 Å². The summed E-state index contributed by atoms with van der Waals surface area (Å²) in [6.45, 7) is 3.65. The predicted molar refractivity (Wildman–Crippen MR) is 82.8 cm³/mol. The molecular formula is C14H17ClN4OS. The monoisotopic (exact) mass is 324 g/mol. The van der Waals surface area contributed by atoms with Gasteiger partial charge < -0.3 is 4.90 Å². The number of nitrogens with zero attached hydrogens (tertiary/aromatic N) is 4. The third-order valence-electron chi connectivity index (χ3n) is 4.08. The Kier molecular flexibility index (Phi) is 3.75. The fourth-order valence-electron chi connectivity index (χ4n) is 2.64. The summed E-state index contributed by atoms with van der Waals surface area (Å²) in [7, 11) is 1.82. The van der Waals surface area contributed by atoms with Crippen molar-refractivity contribution >= 4 is 28.8 Å². The van der Waals surface area contributed by atoms with E-state index in [9.17, 15) is 4.79 Å².